The number of nitrogens with zero attached hydrogens (tertiary/aromatic N) is 1. The maximum atomic E-state index is 11.4. The van der Waals surface area contributed by atoms with Gasteiger partial charge in [-0.25, -0.2) is 13.6 Å². The van der Waals surface area contributed by atoms with E-state index in [-0.39, 0.29) is 4.90 Å². The molecule has 0 radical (unpaired) electrons. The first-order chi connectivity index (χ1) is 10.9. The first kappa shape index (κ1) is 15.5. The Labute approximate surface area is 134 Å². The average molecular weight is 328 g/mol. The molecular formula is C17H16N2O3S. The topological polar surface area (TPSA) is 86.2 Å². The molecule has 118 valence electrons. The number of aryl methyl sites for hydroxylation is 2. The lowest BCUT2D eigenvalue weighted by atomic mass is 9.99. The van der Waals surface area contributed by atoms with Gasteiger partial charge < -0.3 is 4.52 Å². The van der Waals surface area contributed by atoms with Crippen molar-refractivity contribution in [3.63, 3.8) is 0 Å². The summed E-state index contributed by atoms with van der Waals surface area (Å²) in [6, 6.07) is 14.3. The second kappa shape index (κ2) is 5.64. The number of primary sulfonamides is 1. The lowest BCUT2D eigenvalue weighted by Crippen LogP contribution is -2.11. The van der Waals surface area contributed by atoms with Crippen LogP contribution in [-0.2, 0) is 10.0 Å². The maximum absolute atomic E-state index is 11.4. The van der Waals surface area contributed by atoms with E-state index in [0.717, 1.165) is 27.9 Å². The van der Waals surface area contributed by atoms with Gasteiger partial charge in [-0.3, -0.25) is 0 Å². The summed E-state index contributed by atoms with van der Waals surface area (Å²) in [6.45, 7) is 3.87. The number of hydrogen-bond donors (Lipinski definition) is 1. The van der Waals surface area contributed by atoms with Gasteiger partial charge in [-0.1, -0.05) is 47.1 Å². The molecule has 2 N–H and O–H groups in total. The summed E-state index contributed by atoms with van der Waals surface area (Å²) < 4.78 is 28.2. The molecule has 0 atom stereocenters. The van der Waals surface area contributed by atoms with Gasteiger partial charge in [0.05, 0.1) is 16.2 Å². The highest BCUT2D eigenvalue weighted by molar-refractivity contribution is 7.89. The van der Waals surface area contributed by atoms with Gasteiger partial charge in [0.2, 0.25) is 10.0 Å². The Kier molecular flexibility index (Phi) is 3.79. The lowest BCUT2D eigenvalue weighted by molar-refractivity contribution is 0.427. The Morgan fingerprint density at radius 2 is 1.48 bits per heavy atom. The molecule has 23 heavy (non-hydrogen) atoms. The molecule has 0 saturated carbocycles. The van der Waals surface area contributed by atoms with Crippen molar-refractivity contribution in [1.29, 1.82) is 0 Å². The molecule has 1 heterocycles. The predicted octanol–water partition coefficient (Wildman–Crippen LogP) is 3.27. The standard InChI is InChI=1S/C17H16N2O3S/c1-11-3-5-14(6-4-11)17-16(12(2)19-22-17)13-7-9-15(10-8-13)23(18,20)21/h3-10H,1-2H3,(H2,18,20,21). The highest BCUT2D eigenvalue weighted by Crippen LogP contribution is 2.35. The molecule has 0 aliphatic carbocycles. The predicted molar refractivity (Wildman–Crippen MR) is 88.2 cm³/mol. The molecule has 6 heteroatoms. The molecule has 0 saturated heterocycles. The Hall–Kier alpha value is -2.44. The van der Waals surface area contributed by atoms with Crippen molar-refractivity contribution in [2.24, 2.45) is 5.14 Å². The molecule has 0 bridgehead atoms. The van der Waals surface area contributed by atoms with Crippen molar-refractivity contribution in [3.8, 4) is 22.5 Å². The first-order valence-corrected chi connectivity index (χ1v) is 8.57. The molecule has 3 aromatic rings. The lowest BCUT2D eigenvalue weighted by Gasteiger charge is -2.05. The molecule has 3 rings (SSSR count). The second-order valence-corrected chi connectivity index (χ2v) is 6.97. The molecule has 0 aliphatic heterocycles. The smallest absolute Gasteiger partial charge is 0.238 e. The number of sulfonamides is 1. The van der Waals surface area contributed by atoms with Crippen molar-refractivity contribution in [2.75, 3.05) is 0 Å². The van der Waals surface area contributed by atoms with Crippen molar-refractivity contribution in [2.45, 2.75) is 18.7 Å². The van der Waals surface area contributed by atoms with E-state index in [1.54, 1.807) is 12.1 Å². The third kappa shape index (κ3) is 3.04. The van der Waals surface area contributed by atoms with Crippen molar-refractivity contribution in [3.05, 3.63) is 59.8 Å². The molecule has 0 fully saturated rings. The molecule has 5 nitrogen and oxygen atoms in total. The SMILES string of the molecule is Cc1ccc(-c2onc(C)c2-c2ccc(S(N)(=O)=O)cc2)cc1. The number of hydrogen-bond acceptors (Lipinski definition) is 4. The Morgan fingerprint density at radius 1 is 0.913 bits per heavy atom. The van der Waals surface area contributed by atoms with E-state index in [4.69, 9.17) is 9.66 Å². The monoisotopic (exact) mass is 328 g/mol. The Morgan fingerprint density at radius 3 is 2.04 bits per heavy atom. The van der Waals surface area contributed by atoms with Crippen LogP contribution in [0.3, 0.4) is 0 Å². The quantitative estimate of drug-likeness (QED) is 0.799. The summed E-state index contributed by atoms with van der Waals surface area (Å²) in [5.74, 6) is 0.658. The average Bonchev–Trinajstić information content (AvgIpc) is 2.89. The summed E-state index contributed by atoms with van der Waals surface area (Å²) in [5.41, 5.74) is 4.48. The summed E-state index contributed by atoms with van der Waals surface area (Å²) in [6.07, 6.45) is 0. The zero-order valence-corrected chi connectivity index (χ0v) is 13.6. The molecular weight excluding hydrogens is 312 g/mol. The Balaban J connectivity index is 2.10. The summed E-state index contributed by atoms with van der Waals surface area (Å²) in [4.78, 5) is 0.0762. The fourth-order valence-corrected chi connectivity index (χ4v) is 2.94. The maximum Gasteiger partial charge on any atom is 0.238 e. The van der Waals surface area contributed by atoms with Crippen LogP contribution < -0.4 is 5.14 Å². The van der Waals surface area contributed by atoms with E-state index >= 15 is 0 Å². The van der Waals surface area contributed by atoms with Gasteiger partial charge in [-0.2, -0.15) is 0 Å². The van der Waals surface area contributed by atoms with Gasteiger partial charge in [0.15, 0.2) is 5.76 Å². The first-order valence-electron chi connectivity index (χ1n) is 7.03. The minimum absolute atomic E-state index is 0.0762. The van der Waals surface area contributed by atoms with Crippen LogP contribution in [0.4, 0.5) is 0 Å². The van der Waals surface area contributed by atoms with Crippen LogP contribution >= 0.6 is 0 Å². The zero-order chi connectivity index (χ0) is 16.6. The minimum Gasteiger partial charge on any atom is -0.355 e. The summed E-state index contributed by atoms with van der Waals surface area (Å²) in [7, 11) is -3.70. The second-order valence-electron chi connectivity index (χ2n) is 5.41. The third-order valence-electron chi connectivity index (χ3n) is 3.65. The molecule has 0 aliphatic rings. The van der Waals surface area contributed by atoms with Crippen LogP contribution in [-0.4, -0.2) is 13.6 Å². The van der Waals surface area contributed by atoms with Gasteiger partial charge in [-0.15, -0.1) is 0 Å². The van der Waals surface area contributed by atoms with Crippen LogP contribution in [0.1, 0.15) is 11.3 Å². The van der Waals surface area contributed by atoms with Crippen LogP contribution in [0.2, 0.25) is 0 Å². The van der Waals surface area contributed by atoms with Crippen LogP contribution in [0, 0.1) is 13.8 Å². The summed E-state index contributed by atoms with van der Waals surface area (Å²) >= 11 is 0. The third-order valence-corrected chi connectivity index (χ3v) is 4.58. The van der Waals surface area contributed by atoms with Gasteiger partial charge in [-0.05, 0) is 31.5 Å². The van der Waals surface area contributed by atoms with Gasteiger partial charge >= 0.3 is 0 Å². The van der Waals surface area contributed by atoms with Crippen molar-refractivity contribution >= 4 is 10.0 Å². The van der Waals surface area contributed by atoms with Gasteiger partial charge in [0.1, 0.15) is 0 Å². The van der Waals surface area contributed by atoms with E-state index < -0.39 is 10.0 Å². The molecule has 0 amide bonds. The molecule has 1 aromatic heterocycles. The van der Waals surface area contributed by atoms with Crippen molar-refractivity contribution in [1.82, 2.24) is 5.16 Å². The highest BCUT2D eigenvalue weighted by atomic mass is 32.2. The van der Waals surface area contributed by atoms with E-state index in [1.807, 2.05) is 38.1 Å². The molecule has 2 aromatic carbocycles. The molecule has 0 spiro atoms. The molecule has 0 unspecified atom stereocenters. The highest BCUT2D eigenvalue weighted by Gasteiger charge is 2.17. The number of aromatic nitrogens is 1. The van der Waals surface area contributed by atoms with E-state index in [0.29, 0.717) is 5.76 Å². The summed E-state index contributed by atoms with van der Waals surface area (Å²) in [5, 5.41) is 9.18. The van der Waals surface area contributed by atoms with Crippen LogP contribution in [0.25, 0.3) is 22.5 Å². The zero-order valence-electron chi connectivity index (χ0n) is 12.8. The normalized spacial score (nSPS) is 11.6. The minimum atomic E-state index is -3.70. The number of benzene rings is 2. The van der Waals surface area contributed by atoms with Crippen molar-refractivity contribution < 1.29 is 12.9 Å². The Bertz CT molecular complexity index is 941. The van der Waals surface area contributed by atoms with Crippen LogP contribution in [0.5, 0.6) is 0 Å². The fourth-order valence-electron chi connectivity index (χ4n) is 2.42. The van der Waals surface area contributed by atoms with Gasteiger partial charge in [0.25, 0.3) is 0 Å². The number of nitrogens with two attached hydrogens (primary N) is 1. The largest absolute Gasteiger partial charge is 0.355 e. The van der Waals surface area contributed by atoms with Crippen LogP contribution in [0.15, 0.2) is 57.9 Å². The van der Waals surface area contributed by atoms with Gasteiger partial charge in [0, 0.05) is 5.56 Å². The van der Waals surface area contributed by atoms with E-state index in [9.17, 15) is 8.42 Å². The van der Waals surface area contributed by atoms with E-state index in [1.165, 1.54) is 12.1 Å². The fraction of sp³-hybridized carbons (Fsp3) is 0.118. The van der Waals surface area contributed by atoms with E-state index in [2.05, 4.69) is 5.16 Å². The number of rotatable bonds is 3.